The highest BCUT2D eigenvalue weighted by molar-refractivity contribution is 5.89. The molecule has 0 bridgehead atoms. The average molecular weight is 491 g/mol. The minimum atomic E-state index is -0.785. The van der Waals surface area contributed by atoms with E-state index in [2.05, 4.69) is 5.32 Å². The van der Waals surface area contributed by atoms with Crippen LogP contribution in [0.1, 0.15) is 43.0 Å². The van der Waals surface area contributed by atoms with Gasteiger partial charge < -0.3 is 15.0 Å². The maximum absolute atomic E-state index is 13.6. The summed E-state index contributed by atoms with van der Waals surface area (Å²) >= 11 is 0. The van der Waals surface area contributed by atoms with Crippen LogP contribution >= 0.6 is 0 Å². The molecule has 1 atom stereocenters. The lowest BCUT2D eigenvalue weighted by Gasteiger charge is -2.33. The third-order valence-electron chi connectivity index (χ3n) is 5.72. The van der Waals surface area contributed by atoms with E-state index in [1.807, 2.05) is 83.1 Å². The van der Waals surface area contributed by atoms with E-state index in [1.54, 1.807) is 12.1 Å². The van der Waals surface area contributed by atoms with E-state index in [4.69, 9.17) is 4.74 Å². The van der Waals surface area contributed by atoms with Crippen molar-refractivity contribution in [3.05, 3.63) is 101 Å². The van der Waals surface area contributed by atoms with Gasteiger partial charge in [0.1, 0.15) is 17.6 Å². The molecule has 2 amide bonds. The zero-order chi connectivity index (χ0) is 26.3. The van der Waals surface area contributed by atoms with Crippen LogP contribution in [0.15, 0.2) is 72.8 Å². The second kappa shape index (κ2) is 11.8. The number of carbonyl (C=O) groups excluding carboxylic acids is 2. The van der Waals surface area contributed by atoms with Gasteiger partial charge in [-0.15, -0.1) is 0 Å². The first kappa shape index (κ1) is 26.9. The lowest BCUT2D eigenvalue weighted by atomic mass is 10.0. The summed E-state index contributed by atoms with van der Waals surface area (Å²) in [5.41, 5.74) is 3.20. The molecule has 0 aliphatic rings. The monoisotopic (exact) mass is 490 g/mol. The number of amides is 2. The Morgan fingerprint density at radius 3 is 2.22 bits per heavy atom. The molecule has 0 fully saturated rings. The summed E-state index contributed by atoms with van der Waals surface area (Å²) in [6.07, 6.45) is 0.333. The Morgan fingerprint density at radius 2 is 1.61 bits per heavy atom. The van der Waals surface area contributed by atoms with E-state index in [9.17, 15) is 14.0 Å². The maximum atomic E-state index is 13.6. The van der Waals surface area contributed by atoms with Gasteiger partial charge in [-0.05, 0) is 69.5 Å². The lowest BCUT2D eigenvalue weighted by Crippen LogP contribution is -2.55. The molecule has 3 aromatic rings. The Kier molecular flexibility index (Phi) is 8.86. The summed E-state index contributed by atoms with van der Waals surface area (Å²) in [5, 5.41) is 3.03. The second-order valence-corrected chi connectivity index (χ2v) is 10.2. The first-order valence-electron chi connectivity index (χ1n) is 12.1. The van der Waals surface area contributed by atoms with Gasteiger partial charge in [-0.25, -0.2) is 4.39 Å². The molecular formula is C30H35FN2O3. The number of halogens is 1. The van der Waals surface area contributed by atoms with Crippen molar-refractivity contribution in [1.82, 2.24) is 10.2 Å². The lowest BCUT2D eigenvalue weighted by molar-refractivity contribution is -0.143. The molecule has 5 nitrogen and oxygen atoms in total. The van der Waals surface area contributed by atoms with Gasteiger partial charge in [0, 0.05) is 18.5 Å². The number of benzene rings is 3. The number of carbonyl (C=O) groups is 2. The zero-order valence-electron chi connectivity index (χ0n) is 21.7. The van der Waals surface area contributed by atoms with Gasteiger partial charge in [0.15, 0.2) is 6.61 Å². The van der Waals surface area contributed by atoms with Crippen molar-refractivity contribution in [1.29, 1.82) is 0 Å². The SMILES string of the molecule is Cc1ccc(OCC(=O)N(Cc2ccc(F)cc2)[C@@H](Cc2ccccc2)C(=O)NC(C)(C)C)c(C)c1. The van der Waals surface area contributed by atoms with Crippen LogP contribution in [0.5, 0.6) is 5.75 Å². The smallest absolute Gasteiger partial charge is 0.261 e. The molecule has 3 rings (SSSR count). The molecule has 1 N–H and O–H groups in total. The molecule has 0 radical (unpaired) electrons. The predicted molar refractivity (Wildman–Crippen MR) is 140 cm³/mol. The Hall–Kier alpha value is -3.67. The van der Waals surface area contributed by atoms with Gasteiger partial charge in [-0.3, -0.25) is 9.59 Å². The second-order valence-electron chi connectivity index (χ2n) is 10.2. The highest BCUT2D eigenvalue weighted by Gasteiger charge is 2.32. The van der Waals surface area contributed by atoms with Crippen LogP contribution in [0, 0.1) is 19.7 Å². The normalized spacial score (nSPS) is 12.1. The summed E-state index contributed by atoms with van der Waals surface area (Å²) < 4.78 is 19.4. The Balaban J connectivity index is 1.93. The largest absolute Gasteiger partial charge is 0.483 e. The summed E-state index contributed by atoms with van der Waals surface area (Å²) in [4.78, 5) is 28.7. The van der Waals surface area contributed by atoms with Crippen molar-refractivity contribution in [2.24, 2.45) is 0 Å². The van der Waals surface area contributed by atoms with Crippen LogP contribution < -0.4 is 10.1 Å². The molecule has 0 heterocycles. The number of hydrogen-bond donors (Lipinski definition) is 1. The van der Waals surface area contributed by atoms with Crippen molar-refractivity contribution < 1.29 is 18.7 Å². The van der Waals surface area contributed by atoms with E-state index in [0.717, 1.165) is 22.3 Å². The third-order valence-corrected chi connectivity index (χ3v) is 5.72. The van der Waals surface area contributed by atoms with Gasteiger partial charge in [0.2, 0.25) is 5.91 Å². The van der Waals surface area contributed by atoms with Gasteiger partial charge in [-0.2, -0.15) is 0 Å². The first-order chi connectivity index (χ1) is 17.0. The molecular weight excluding hydrogens is 455 g/mol. The summed E-state index contributed by atoms with van der Waals surface area (Å²) in [6.45, 7) is 9.55. The topological polar surface area (TPSA) is 58.6 Å². The van der Waals surface area contributed by atoms with Gasteiger partial charge in [0.25, 0.3) is 5.91 Å². The number of ether oxygens (including phenoxy) is 1. The molecule has 0 spiro atoms. The fourth-order valence-corrected chi connectivity index (χ4v) is 3.98. The molecule has 0 saturated heterocycles. The Labute approximate surface area is 213 Å². The van der Waals surface area contributed by atoms with Crippen LogP contribution in [0.2, 0.25) is 0 Å². The zero-order valence-corrected chi connectivity index (χ0v) is 21.7. The predicted octanol–water partition coefficient (Wildman–Crippen LogP) is 5.38. The quantitative estimate of drug-likeness (QED) is 0.438. The Bertz CT molecular complexity index is 1170. The fourth-order valence-electron chi connectivity index (χ4n) is 3.98. The van der Waals surface area contributed by atoms with E-state index in [0.29, 0.717) is 12.2 Å². The van der Waals surface area contributed by atoms with E-state index in [1.165, 1.54) is 17.0 Å². The average Bonchev–Trinajstić information content (AvgIpc) is 2.81. The number of hydrogen-bond acceptors (Lipinski definition) is 3. The molecule has 0 saturated carbocycles. The number of nitrogens with one attached hydrogen (secondary N) is 1. The molecule has 3 aromatic carbocycles. The first-order valence-corrected chi connectivity index (χ1v) is 12.1. The van der Waals surface area contributed by atoms with E-state index >= 15 is 0 Å². The summed E-state index contributed by atoms with van der Waals surface area (Å²) in [7, 11) is 0. The Morgan fingerprint density at radius 1 is 0.944 bits per heavy atom. The van der Waals surface area contributed by atoms with Crippen LogP contribution in [0.3, 0.4) is 0 Å². The highest BCUT2D eigenvalue weighted by Crippen LogP contribution is 2.20. The van der Waals surface area contributed by atoms with Crippen LogP contribution in [-0.2, 0) is 22.6 Å². The molecule has 0 aromatic heterocycles. The van der Waals surface area contributed by atoms with Crippen molar-refractivity contribution in [3.63, 3.8) is 0 Å². The minimum absolute atomic E-state index is 0.143. The number of nitrogens with zero attached hydrogens (tertiary/aromatic N) is 1. The van der Waals surface area contributed by atoms with Gasteiger partial charge in [0.05, 0.1) is 0 Å². The number of aryl methyl sites for hydroxylation is 2. The van der Waals surface area contributed by atoms with Crippen molar-refractivity contribution in [2.45, 2.75) is 59.2 Å². The van der Waals surface area contributed by atoms with Gasteiger partial charge in [-0.1, -0.05) is 60.2 Å². The van der Waals surface area contributed by atoms with Crippen LogP contribution in [0.25, 0.3) is 0 Å². The van der Waals surface area contributed by atoms with Gasteiger partial charge >= 0.3 is 0 Å². The van der Waals surface area contributed by atoms with Crippen molar-refractivity contribution in [2.75, 3.05) is 6.61 Å². The van der Waals surface area contributed by atoms with Crippen molar-refractivity contribution >= 4 is 11.8 Å². The molecule has 36 heavy (non-hydrogen) atoms. The van der Waals surface area contributed by atoms with Crippen LogP contribution in [0.4, 0.5) is 4.39 Å². The van der Waals surface area contributed by atoms with E-state index < -0.39 is 11.6 Å². The molecule has 0 aliphatic heterocycles. The van der Waals surface area contributed by atoms with E-state index in [-0.39, 0.29) is 30.8 Å². The third kappa shape index (κ3) is 7.94. The summed E-state index contributed by atoms with van der Waals surface area (Å²) in [6, 6.07) is 20.5. The molecule has 190 valence electrons. The van der Waals surface area contributed by atoms with Crippen molar-refractivity contribution in [3.8, 4) is 5.75 Å². The maximum Gasteiger partial charge on any atom is 0.261 e. The van der Waals surface area contributed by atoms with Crippen LogP contribution in [-0.4, -0.2) is 34.9 Å². The molecule has 0 unspecified atom stereocenters. The standard InChI is InChI=1S/C30H35FN2O3/c1-21-11-16-27(22(2)17-21)36-20-28(34)33(19-24-12-14-25(31)15-13-24)26(29(35)32-30(3,4)5)18-23-9-7-6-8-10-23/h6-17,26H,18-20H2,1-5H3,(H,32,35)/t26-/m0/s1. The molecule has 0 aliphatic carbocycles. The highest BCUT2D eigenvalue weighted by atomic mass is 19.1. The summed E-state index contributed by atoms with van der Waals surface area (Å²) in [5.74, 6) is -0.326. The minimum Gasteiger partial charge on any atom is -0.483 e. The fraction of sp³-hybridized carbons (Fsp3) is 0.333. The molecule has 6 heteroatoms. The number of rotatable bonds is 9.